The van der Waals surface area contributed by atoms with E-state index in [2.05, 4.69) is 0 Å². The Kier molecular flexibility index (Phi) is 2.32. The zero-order valence-corrected chi connectivity index (χ0v) is 6.61. The maximum atomic E-state index is 10.9. The molecule has 1 saturated heterocycles. The molecular formula is C6H9NO2S. The second-order valence-electron chi connectivity index (χ2n) is 2.00. The molecule has 0 aromatic carbocycles. The molecule has 56 valence electrons. The molecule has 1 aliphatic rings. The third-order valence-electron chi connectivity index (χ3n) is 1.26. The molecule has 1 aliphatic heterocycles. The third kappa shape index (κ3) is 1.31. The minimum atomic E-state index is -0.0446. The van der Waals surface area contributed by atoms with Crippen LogP contribution in [0.1, 0.15) is 19.8 Å². The molecule has 1 fully saturated rings. The lowest BCUT2D eigenvalue weighted by Gasteiger charge is -2.08. The first-order chi connectivity index (χ1) is 4.75. The quantitative estimate of drug-likeness (QED) is 0.442. The van der Waals surface area contributed by atoms with Gasteiger partial charge in [-0.1, -0.05) is 6.92 Å². The van der Waals surface area contributed by atoms with Crippen LogP contribution in [0.4, 0.5) is 0 Å². The van der Waals surface area contributed by atoms with Crippen LogP contribution in [0.2, 0.25) is 0 Å². The molecule has 10 heavy (non-hydrogen) atoms. The summed E-state index contributed by atoms with van der Waals surface area (Å²) in [6, 6.07) is 0. The molecule has 4 heteroatoms. The van der Waals surface area contributed by atoms with Crippen molar-refractivity contribution in [2.45, 2.75) is 19.8 Å². The molecule has 0 spiro atoms. The maximum Gasteiger partial charge on any atom is 0.239 e. The number of hydrogen-bond acceptors (Lipinski definition) is 3. The zero-order valence-electron chi connectivity index (χ0n) is 5.79. The van der Waals surface area contributed by atoms with Crippen LogP contribution < -0.4 is 0 Å². The van der Waals surface area contributed by atoms with Crippen molar-refractivity contribution in [2.75, 3.05) is 5.75 Å². The molecule has 0 radical (unpaired) electrons. The number of amides is 2. The van der Waals surface area contributed by atoms with Gasteiger partial charge in [0.05, 0.1) is 0 Å². The van der Waals surface area contributed by atoms with Crippen LogP contribution in [0.15, 0.2) is 0 Å². The topological polar surface area (TPSA) is 37.4 Å². The van der Waals surface area contributed by atoms with Crippen molar-refractivity contribution in [1.82, 2.24) is 4.31 Å². The normalized spacial score (nSPS) is 18.7. The monoisotopic (exact) mass is 159 g/mol. The first-order valence-electron chi connectivity index (χ1n) is 3.24. The fourth-order valence-electron chi connectivity index (χ4n) is 0.829. The van der Waals surface area contributed by atoms with Crippen molar-refractivity contribution in [3.8, 4) is 0 Å². The average Bonchev–Trinajstić information content (AvgIpc) is 2.20. The predicted octanol–water partition coefficient (Wildman–Crippen LogP) is 0.803. The largest absolute Gasteiger partial charge is 0.273 e. The summed E-state index contributed by atoms with van der Waals surface area (Å²) in [5.74, 6) is 0.686. The molecule has 0 aliphatic carbocycles. The molecule has 0 aromatic rings. The molecule has 0 aromatic heterocycles. The fraction of sp³-hybridized carbons (Fsp3) is 0.667. The van der Waals surface area contributed by atoms with E-state index in [1.165, 1.54) is 16.3 Å². The van der Waals surface area contributed by atoms with Crippen molar-refractivity contribution in [1.29, 1.82) is 0 Å². The highest BCUT2D eigenvalue weighted by atomic mass is 32.2. The Hall–Kier alpha value is -0.510. The van der Waals surface area contributed by atoms with E-state index in [9.17, 15) is 9.59 Å². The Morgan fingerprint density at radius 2 is 1.90 bits per heavy atom. The number of nitrogens with zero attached hydrogens (tertiary/aromatic N) is 1. The lowest BCUT2D eigenvalue weighted by Crippen LogP contribution is -2.21. The number of carbonyl (C=O) groups is 2. The predicted molar refractivity (Wildman–Crippen MR) is 39.2 cm³/mol. The highest BCUT2D eigenvalue weighted by Gasteiger charge is 2.28. The van der Waals surface area contributed by atoms with E-state index in [0.29, 0.717) is 12.8 Å². The van der Waals surface area contributed by atoms with Crippen LogP contribution in [0.3, 0.4) is 0 Å². The van der Waals surface area contributed by atoms with Gasteiger partial charge < -0.3 is 0 Å². The van der Waals surface area contributed by atoms with E-state index in [4.69, 9.17) is 0 Å². The summed E-state index contributed by atoms with van der Waals surface area (Å²) in [6.45, 7) is 1.92. The smallest absolute Gasteiger partial charge is 0.239 e. The lowest BCUT2D eigenvalue weighted by atomic mass is 10.4. The number of rotatable bonds is 2. The van der Waals surface area contributed by atoms with Crippen LogP contribution in [0.5, 0.6) is 0 Å². The van der Waals surface area contributed by atoms with Crippen LogP contribution in [0.25, 0.3) is 0 Å². The summed E-state index contributed by atoms with van der Waals surface area (Å²) < 4.78 is 1.26. The van der Waals surface area contributed by atoms with Gasteiger partial charge in [0, 0.05) is 18.6 Å². The molecule has 0 saturated carbocycles. The fourth-order valence-corrected chi connectivity index (χ4v) is 1.56. The van der Waals surface area contributed by atoms with Crippen molar-refractivity contribution >= 4 is 23.8 Å². The Morgan fingerprint density at radius 1 is 1.40 bits per heavy atom. The molecule has 2 amide bonds. The van der Waals surface area contributed by atoms with Crippen LogP contribution in [0, 0.1) is 0 Å². The third-order valence-corrected chi connectivity index (χ3v) is 2.19. The molecule has 0 bridgehead atoms. The van der Waals surface area contributed by atoms with Crippen molar-refractivity contribution in [2.24, 2.45) is 0 Å². The van der Waals surface area contributed by atoms with Gasteiger partial charge >= 0.3 is 0 Å². The van der Waals surface area contributed by atoms with E-state index in [1.807, 2.05) is 6.92 Å². The number of imide groups is 1. The molecule has 1 rings (SSSR count). The first kappa shape index (κ1) is 7.60. The van der Waals surface area contributed by atoms with Gasteiger partial charge in [0.15, 0.2) is 0 Å². The summed E-state index contributed by atoms with van der Waals surface area (Å²) in [7, 11) is 0. The lowest BCUT2D eigenvalue weighted by molar-refractivity contribution is -0.131. The highest BCUT2D eigenvalue weighted by molar-refractivity contribution is 7.98. The van der Waals surface area contributed by atoms with Crippen LogP contribution in [-0.2, 0) is 9.59 Å². The second-order valence-corrected chi connectivity index (χ2v) is 3.20. The van der Waals surface area contributed by atoms with E-state index in [0.717, 1.165) is 5.75 Å². The standard InChI is InChI=1S/C6H9NO2S/c1-2-10-7-5(8)3-4-6(7)9/h2-4H2,1H3. The maximum absolute atomic E-state index is 10.9. The van der Waals surface area contributed by atoms with Gasteiger partial charge in [-0.15, -0.1) is 0 Å². The summed E-state index contributed by atoms with van der Waals surface area (Å²) >= 11 is 1.29. The molecular weight excluding hydrogens is 150 g/mol. The summed E-state index contributed by atoms with van der Waals surface area (Å²) in [4.78, 5) is 21.7. The average molecular weight is 159 g/mol. The number of hydrogen-bond donors (Lipinski definition) is 0. The van der Waals surface area contributed by atoms with Crippen LogP contribution >= 0.6 is 11.9 Å². The van der Waals surface area contributed by atoms with Gasteiger partial charge in [0.1, 0.15) is 0 Å². The first-order valence-corrected chi connectivity index (χ1v) is 4.18. The zero-order chi connectivity index (χ0) is 7.56. The highest BCUT2D eigenvalue weighted by Crippen LogP contribution is 2.20. The van der Waals surface area contributed by atoms with Crippen molar-refractivity contribution < 1.29 is 9.59 Å². The molecule has 0 N–H and O–H groups in total. The van der Waals surface area contributed by atoms with Crippen molar-refractivity contribution in [3.63, 3.8) is 0 Å². The Labute approximate surface area is 63.9 Å². The Bertz CT molecular complexity index is 153. The van der Waals surface area contributed by atoms with Gasteiger partial charge in [0.25, 0.3) is 0 Å². The molecule has 0 atom stereocenters. The second kappa shape index (κ2) is 3.05. The Morgan fingerprint density at radius 3 is 2.30 bits per heavy atom. The van der Waals surface area contributed by atoms with E-state index in [1.54, 1.807) is 0 Å². The minimum absolute atomic E-state index is 0.0446. The van der Waals surface area contributed by atoms with Gasteiger partial charge in [-0.05, 0) is 11.9 Å². The van der Waals surface area contributed by atoms with Gasteiger partial charge in [-0.2, -0.15) is 0 Å². The van der Waals surface area contributed by atoms with Crippen LogP contribution in [-0.4, -0.2) is 21.9 Å². The summed E-state index contributed by atoms with van der Waals surface area (Å²) in [5, 5.41) is 0. The Balaban J connectivity index is 2.54. The minimum Gasteiger partial charge on any atom is -0.273 e. The number of carbonyl (C=O) groups excluding carboxylic acids is 2. The van der Waals surface area contributed by atoms with E-state index >= 15 is 0 Å². The van der Waals surface area contributed by atoms with Gasteiger partial charge in [0.2, 0.25) is 11.8 Å². The molecule has 0 unspecified atom stereocenters. The van der Waals surface area contributed by atoms with Crippen molar-refractivity contribution in [3.05, 3.63) is 0 Å². The van der Waals surface area contributed by atoms with Gasteiger partial charge in [-0.25, -0.2) is 4.31 Å². The van der Waals surface area contributed by atoms with E-state index < -0.39 is 0 Å². The van der Waals surface area contributed by atoms with E-state index in [-0.39, 0.29) is 11.8 Å². The SMILES string of the molecule is CCSN1C(=O)CCC1=O. The molecule has 1 heterocycles. The molecule has 3 nitrogen and oxygen atoms in total. The van der Waals surface area contributed by atoms with Gasteiger partial charge in [-0.3, -0.25) is 9.59 Å². The summed E-state index contributed by atoms with van der Waals surface area (Å²) in [5.41, 5.74) is 0. The summed E-state index contributed by atoms with van der Waals surface area (Å²) in [6.07, 6.45) is 0.789.